The van der Waals surface area contributed by atoms with Gasteiger partial charge in [0.15, 0.2) is 0 Å². The number of carbonyl (C=O) groups excluding carboxylic acids is 2. The second-order valence-corrected chi connectivity index (χ2v) is 8.34. The number of carbonyl (C=O) groups is 2. The van der Waals surface area contributed by atoms with Gasteiger partial charge in [0.25, 0.3) is 5.91 Å². The summed E-state index contributed by atoms with van der Waals surface area (Å²) in [6.45, 7) is 1.34. The van der Waals surface area contributed by atoms with Crippen molar-refractivity contribution in [1.29, 1.82) is 0 Å². The first-order chi connectivity index (χ1) is 10.0. The summed E-state index contributed by atoms with van der Waals surface area (Å²) in [6.07, 6.45) is 1.05. The van der Waals surface area contributed by atoms with E-state index in [4.69, 9.17) is 23.2 Å². The van der Waals surface area contributed by atoms with Crippen molar-refractivity contribution in [2.75, 3.05) is 18.6 Å². The van der Waals surface area contributed by atoms with Gasteiger partial charge in [0, 0.05) is 12.8 Å². The molecule has 0 aliphatic carbocycles. The molecule has 1 aliphatic rings. The topological polar surface area (TPSA) is 83.6 Å². The highest BCUT2D eigenvalue weighted by atomic mass is 35.5. The van der Waals surface area contributed by atoms with Crippen LogP contribution in [0.5, 0.6) is 0 Å². The summed E-state index contributed by atoms with van der Waals surface area (Å²) in [6, 6.07) is 3.99. The maximum atomic E-state index is 12.5. The molecule has 1 saturated heterocycles. The number of amides is 3. The highest BCUT2D eigenvalue weighted by molar-refractivity contribution is 7.90. The Morgan fingerprint density at radius 2 is 1.86 bits per heavy atom. The summed E-state index contributed by atoms with van der Waals surface area (Å²) >= 11 is 11.8. The smallest absolute Gasteiger partial charge is 0.319 e. The Balaban J connectivity index is 2.31. The Kier molecular flexibility index (Phi) is 4.43. The van der Waals surface area contributed by atoms with Crippen LogP contribution >= 0.6 is 23.2 Å². The average molecular weight is 365 g/mol. The van der Waals surface area contributed by atoms with E-state index in [1.165, 1.54) is 19.1 Å². The number of nitrogens with zero attached hydrogens (tertiary/aromatic N) is 1. The summed E-state index contributed by atoms with van der Waals surface area (Å²) < 4.78 is 22.4. The van der Waals surface area contributed by atoms with Crippen molar-refractivity contribution in [2.24, 2.45) is 0 Å². The van der Waals surface area contributed by atoms with Crippen molar-refractivity contribution in [3.05, 3.63) is 33.8 Å². The molecule has 0 spiro atoms. The third-order valence-corrected chi connectivity index (χ3v) is 5.12. The van der Waals surface area contributed by atoms with Crippen molar-refractivity contribution in [1.82, 2.24) is 10.2 Å². The highest BCUT2D eigenvalue weighted by Gasteiger charge is 2.49. The van der Waals surface area contributed by atoms with Gasteiger partial charge in [0.2, 0.25) is 0 Å². The first kappa shape index (κ1) is 17.1. The molecule has 0 aromatic heterocycles. The van der Waals surface area contributed by atoms with Gasteiger partial charge < -0.3 is 5.32 Å². The molecule has 1 aromatic carbocycles. The molecule has 1 aliphatic heterocycles. The maximum absolute atomic E-state index is 12.5. The molecule has 6 nitrogen and oxygen atoms in total. The number of benzene rings is 1. The minimum absolute atomic E-state index is 0.194. The van der Waals surface area contributed by atoms with Crippen molar-refractivity contribution < 1.29 is 18.0 Å². The molecule has 120 valence electrons. The van der Waals surface area contributed by atoms with Gasteiger partial charge in [-0.15, -0.1) is 0 Å². The van der Waals surface area contributed by atoms with Crippen LogP contribution in [-0.2, 0) is 20.2 Å². The zero-order valence-electron chi connectivity index (χ0n) is 11.9. The fourth-order valence-electron chi connectivity index (χ4n) is 2.16. The number of hydrogen-bond acceptors (Lipinski definition) is 4. The van der Waals surface area contributed by atoms with E-state index in [1.807, 2.05) is 0 Å². The van der Waals surface area contributed by atoms with Gasteiger partial charge >= 0.3 is 6.03 Å². The average Bonchev–Trinajstić information content (AvgIpc) is 2.61. The Bertz CT molecular complexity index is 750. The number of nitrogens with one attached hydrogen (secondary N) is 1. The van der Waals surface area contributed by atoms with Crippen molar-refractivity contribution >= 4 is 45.0 Å². The van der Waals surface area contributed by atoms with Crippen LogP contribution in [0.2, 0.25) is 10.0 Å². The molecule has 9 heteroatoms. The van der Waals surface area contributed by atoms with Crippen molar-refractivity contribution in [3.8, 4) is 0 Å². The monoisotopic (exact) mass is 364 g/mol. The SMILES string of the molecule is C[C@]1(c2ccc(Cl)c(Cl)c2)NC(=O)N(CCS(C)(=O)=O)C1=O. The van der Waals surface area contributed by atoms with Crippen LogP contribution in [0, 0.1) is 0 Å². The van der Waals surface area contributed by atoms with E-state index in [-0.39, 0.29) is 17.3 Å². The van der Waals surface area contributed by atoms with Crippen LogP contribution in [0.25, 0.3) is 0 Å². The second-order valence-electron chi connectivity index (χ2n) is 5.27. The lowest BCUT2D eigenvalue weighted by Gasteiger charge is -2.22. The third kappa shape index (κ3) is 3.21. The lowest BCUT2D eigenvalue weighted by atomic mass is 9.92. The first-order valence-electron chi connectivity index (χ1n) is 6.32. The zero-order chi connectivity index (χ0) is 16.7. The van der Waals surface area contributed by atoms with E-state index in [1.54, 1.807) is 6.07 Å². The number of sulfone groups is 1. The molecule has 1 atom stereocenters. The normalized spacial score (nSPS) is 22.1. The second kappa shape index (κ2) is 5.72. The molecule has 1 fully saturated rings. The molecule has 0 unspecified atom stereocenters. The number of halogens is 2. The van der Waals surface area contributed by atoms with Gasteiger partial charge in [-0.3, -0.25) is 9.69 Å². The van der Waals surface area contributed by atoms with E-state index in [9.17, 15) is 18.0 Å². The van der Waals surface area contributed by atoms with Gasteiger partial charge in [0.05, 0.1) is 15.8 Å². The van der Waals surface area contributed by atoms with Gasteiger partial charge in [0.1, 0.15) is 15.4 Å². The molecular weight excluding hydrogens is 351 g/mol. The van der Waals surface area contributed by atoms with E-state index in [0.717, 1.165) is 11.2 Å². The van der Waals surface area contributed by atoms with Crippen LogP contribution in [0.1, 0.15) is 12.5 Å². The minimum atomic E-state index is -3.29. The fraction of sp³-hybridized carbons (Fsp3) is 0.385. The summed E-state index contributed by atoms with van der Waals surface area (Å²) in [5, 5.41) is 3.16. The van der Waals surface area contributed by atoms with E-state index < -0.39 is 27.3 Å². The Morgan fingerprint density at radius 3 is 2.41 bits per heavy atom. The maximum Gasteiger partial charge on any atom is 0.325 e. The Labute approximate surface area is 138 Å². The molecule has 1 heterocycles. The summed E-state index contributed by atoms with van der Waals surface area (Å²) in [5.41, 5.74) is -0.829. The molecule has 22 heavy (non-hydrogen) atoms. The molecule has 3 amide bonds. The van der Waals surface area contributed by atoms with Gasteiger partial charge in [-0.2, -0.15) is 0 Å². The molecule has 0 bridgehead atoms. The molecular formula is C13H14Cl2N2O4S. The third-order valence-electron chi connectivity index (χ3n) is 3.46. The molecule has 0 radical (unpaired) electrons. The van der Waals surface area contributed by atoms with Crippen molar-refractivity contribution in [3.63, 3.8) is 0 Å². The lowest BCUT2D eigenvalue weighted by Crippen LogP contribution is -2.41. The lowest BCUT2D eigenvalue weighted by molar-refractivity contribution is -0.130. The standard InChI is InChI=1S/C13H14Cl2N2O4S/c1-13(8-3-4-9(14)10(15)7-8)11(18)17(12(19)16-13)5-6-22(2,20)21/h3-4,7H,5-6H2,1-2H3,(H,16,19)/t13-/m1/s1. The number of urea groups is 1. The number of hydrogen-bond donors (Lipinski definition) is 1. The molecule has 2 rings (SSSR count). The fourth-order valence-corrected chi connectivity index (χ4v) is 2.97. The van der Waals surface area contributed by atoms with Gasteiger partial charge in [-0.1, -0.05) is 29.3 Å². The molecule has 0 saturated carbocycles. The van der Waals surface area contributed by atoms with E-state index in [0.29, 0.717) is 10.6 Å². The summed E-state index contributed by atoms with van der Waals surface area (Å²) in [7, 11) is -3.29. The van der Waals surface area contributed by atoms with Crippen LogP contribution < -0.4 is 5.32 Å². The minimum Gasteiger partial charge on any atom is -0.319 e. The van der Waals surface area contributed by atoms with Crippen LogP contribution in [0.15, 0.2) is 18.2 Å². The predicted molar refractivity (Wildman–Crippen MR) is 83.8 cm³/mol. The van der Waals surface area contributed by atoms with Gasteiger partial charge in [-0.05, 0) is 24.6 Å². The largest absolute Gasteiger partial charge is 0.325 e. The molecule has 1 N–H and O–H groups in total. The first-order valence-corrected chi connectivity index (χ1v) is 9.13. The van der Waals surface area contributed by atoms with Crippen LogP contribution in [-0.4, -0.2) is 43.8 Å². The molecule has 1 aromatic rings. The van der Waals surface area contributed by atoms with Crippen molar-refractivity contribution in [2.45, 2.75) is 12.5 Å². The Hall–Kier alpha value is -1.31. The number of imide groups is 1. The highest BCUT2D eigenvalue weighted by Crippen LogP contribution is 2.32. The Morgan fingerprint density at radius 1 is 1.23 bits per heavy atom. The van der Waals surface area contributed by atoms with Crippen LogP contribution in [0.3, 0.4) is 0 Å². The zero-order valence-corrected chi connectivity index (χ0v) is 14.2. The summed E-state index contributed by atoms with van der Waals surface area (Å²) in [4.78, 5) is 25.4. The predicted octanol–water partition coefficient (Wildman–Crippen LogP) is 1.80. The number of rotatable bonds is 4. The van der Waals surface area contributed by atoms with Gasteiger partial charge in [-0.25, -0.2) is 13.2 Å². The summed E-state index contributed by atoms with van der Waals surface area (Å²) in [5.74, 6) is -0.816. The van der Waals surface area contributed by atoms with Crippen LogP contribution in [0.4, 0.5) is 4.79 Å². The quantitative estimate of drug-likeness (QED) is 0.825. The van der Waals surface area contributed by atoms with E-state index >= 15 is 0 Å². The van der Waals surface area contributed by atoms with E-state index in [2.05, 4.69) is 5.32 Å².